The van der Waals surface area contributed by atoms with E-state index < -0.39 is 0 Å². The molecule has 0 radical (unpaired) electrons. The van der Waals surface area contributed by atoms with Crippen molar-refractivity contribution in [3.8, 4) is 11.3 Å². The molecule has 0 saturated carbocycles. The summed E-state index contributed by atoms with van der Waals surface area (Å²) in [4.78, 5) is 28.1. The molecular weight excluding hydrogens is 502 g/mol. The Morgan fingerprint density at radius 1 is 1.02 bits per heavy atom. The van der Waals surface area contributed by atoms with E-state index in [1.807, 2.05) is 11.0 Å². The fraction of sp³-hybridized carbons (Fsp3) is 0.303. The lowest BCUT2D eigenvalue weighted by atomic mass is 9.90. The molecule has 2 aliphatic heterocycles. The number of esters is 1. The van der Waals surface area contributed by atoms with Crippen molar-refractivity contribution in [1.29, 1.82) is 0 Å². The van der Waals surface area contributed by atoms with Gasteiger partial charge < -0.3 is 19.3 Å². The number of morpholine rings is 1. The molecule has 6 rings (SSSR count). The zero-order chi connectivity index (χ0) is 27.8. The van der Waals surface area contributed by atoms with Gasteiger partial charge in [-0.3, -0.25) is 9.59 Å². The van der Waals surface area contributed by atoms with Gasteiger partial charge in [-0.15, -0.1) is 0 Å². The average molecular weight is 537 g/mol. The smallest absolute Gasteiger partial charge is 0.302 e. The van der Waals surface area contributed by atoms with Crippen LogP contribution >= 0.6 is 0 Å². The molecular formula is C33H34N3O4+. The fourth-order valence-corrected chi connectivity index (χ4v) is 5.97. The number of anilines is 2. The van der Waals surface area contributed by atoms with Crippen LogP contribution in [0.15, 0.2) is 60.7 Å². The van der Waals surface area contributed by atoms with Crippen LogP contribution in [0.4, 0.5) is 11.4 Å². The van der Waals surface area contributed by atoms with E-state index >= 15 is 0 Å². The van der Waals surface area contributed by atoms with Gasteiger partial charge in [0.1, 0.15) is 7.05 Å². The second-order valence-electron chi connectivity index (χ2n) is 10.5. The minimum atomic E-state index is -0.249. The molecule has 1 saturated heterocycles. The Morgan fingerprint density at radius 3 is 2.62 bits per heavy atom. The second kappa shape index (κ2) is 10.7. The maximum absolute atomic E-state index is 12.7. The zero-order valence-corrected chi connectivity index (χ0v) is 23.3. The van der Waals surface area contributed by atoms with Gasteiger partial charge in [0.15, 0.2) is 0 Å². The summed E-state index contributed by atoms with van der Waals surface area (Å²) in [7, 11) is 4.26. The van der Waals surface area contributed by atoms with Crippen molar-refractivity contribution in [3.63, 3.8) is 0 Å². The molecule has 0 N–H and O–H groups in total. The highest BCUT2D eigenvalue weighted by atomic mass is 16.5. The van der Waals surface area contributed by atoms with E-state index in [9.17, 15) is 9.59 Å². The third-order valence-corrected chi connectivity index (χ3v) is 7.96. The van der Waals surface area contributed by atoms with E-state index in [4.69, 9.17) is 9.47 Å². The van der Waals surface area contributed by atoms with Crippen LogP contribution < -0.4 is 9.47 Å². The average Bonchev–Trinajstić information content (AvgIpc) is 2.98. The van der Waals surface area contributed by atoms with Crippen LogP contribution in [-0.2, 0) is 32.5 Å². The minimum absolute atomic E-state index is 0.0131. The number of aromatic nitrogens is 1. The maximum atomic E-state index is 12.7. The summed E-state index contributed by atoms with van der Waals surface area (Å²) >= 11 is 0. The lowest BCUT2D eigenvalue weighted by Crippen LogP contribution is -2.39. The topological polar surface area (TPSA) is 63.0 Å². The lowest BCUT2D eigenvalue weighted by molar-refractivity contribution is -0.632. The molecule has 3 heterocycles. The highest BCUT2D eigenvalue weighted by Crippen LogP contribution is 2.47. The summed E-state index contributed by atoms with van der Waals surface area (Å²) in [6.07, 6.45) is 5.14. The summed E-state index contributed by atoms with van der Waals surface area (Å²) in [5.41, 5.74) is 8.04. The zero-order valence-electron chi connectivity index (χ0n) is 23.3. The highest BCUT2D eigenvalue weighted by Gasteiger charge is 2.31. The number of para-hydroxylation sites is 1. The molecule has 0 spiro atoms. The molecule has 4 aromatic rings. The van der Waals surface area contributed by atoms with Crippen LogP contribution in [0, 0.1) is 0 Å². The quantitative estimate of drug-likeness (QED) is 0.115. The van der Waals surface area contributed by atoms with Gasteiger partial charge in [0.2, 0.25) is 17.1 Å². The van der Waals surface area contributed by atoms with Crippen LogP contribution in [0.3, 0.4) is 0 Å². The summed E-state index contributed by atoms with van der Waals surface area (Å²) in [6.45, 7) is 4.28. The molecule has 1 amide bonds. The monoisotopic (exact) mass is 536 g/mol. The van der Waals surface area contributed by atoms with Crippen molar-refractivity contribution in [3.05, 3.63) is 71.8 Å². The van der Waals surface area contributed by atoms with Crippen LogP contribution in [0.5, 0.6) is 0 Å². The van der Waals surface area contributed by atoms with Gasteiger partial charge in [0, 0.05) is 44.6 Å². The standard InChI is InChI=1S/C33H34N3O4/c1-22(37)40-16-6-7-24-20-27-26-19-23(11-13-31(38)36-14-17-39-18-15-36)10-12-29(26)35(3)33-25-8-4-5-9-28(25)34(2)30(21-24)32(27)33/h4-5,8-13,19-21H,6-7,14-18H2,1-3H3/q+1/b13-11+. The molecule has 1 aromatic heterocycles. The maximum Gasteiger partial charge on any atom is 0.302 e. The number of hydrogen-bond acceptors (Lipinski definition) is 5. The number of aryl methyl sites for hydroxylation is 2. The molecule has 1 fully saturated rings. The summed E-state index contributed by atoms with van der Waals surface area (Å²) in [5.74, 6) is -0.236. The molecule has 0 bridgehead atoms. The number of carbonyl (C=O) groups is 2. The Hall–Kier alpha value is -4.23. The fourth-order valence-electron chi connectivity index (χ4n) is 5.97. The van der Waals surface area contributed by atoms with Gasteiger partial charge in [-0.2, -0.15) is 4.57 Å². The lowest BCUT2D eigenvalue weighted by Gasteiger charge is -2.29. The van der Waals surface area contributed by atoms with Crippen molar-refractivity contribution >= 4 is 51.0 Å². The van der Waals surface area contributed by atoms with Crippen molar-refractivity contribution < 1.29 is 23.6 Å². The molecule has 7 nitrogen and oxygen atoms in total. The van der Waals surface area contributed by atoms with Gasteiger partial charge in [-0.05, 0) is 66.4 Å². The third-order valence-electron chi connectivity index (χ3n) is 7.96. The van der Waals surface area contributed by atoms with Crippen LogP contribution in [0.25, 0.3) is 39.0 Å². The van der Waals surface area contributed by atoms with E-state index in [1.165, 1.54) is 40.2 Å². The van der Waals surface area contributed by atoms with Gasteiger partial charge >= 0.3 is 5.97 Å². The SMILES string of the molecule is CC(=O)OCCCc1cc2c3c([n+](C)c4ccc(/C=C/C(=O)N5CCOCC5)cc4c3c1)-c1ccccc1N2C. The molecule has 0 atom stereocenters. The summed E-state index contributed by atoms with van der Waals surface area (Å²) in [6, 6.07) is 19.5. The van der Waals surface area contributed by atoms with E-state index in [2.05, 4.69) is 78.2 Å². The second-order valence-corrected chi connectivity index (χ2v) is 10.5. The summed E-state index contributed by atoms with van der Waals surface area (Å²) < 4.78 is 12.9. The number of pyridine rings is 1. The first-order valence-corrected chi connectivity index (χ1v) is 13.9. The number of carbonyl (C=O) groups excluding carboxylic acids is 2. The Labute approximate surface area is 234 Å². The Balaban J connectivity index is 1.49. The van der Waals surface area contributed by atoms with E-state index in [0.29, 0.717) is 32.9 Å². The molecule has 7 heteroatoms. The van der Waals surface area contributed by atoms with Crippen LogP contribution in [0.2, 0.25) is 0 Å². The van der Waals surface area contributed by atoms with E-state index in [-0.39, 0.29) is 11.9 Å². The first-order chi connectivity index (χ1) is 19.4. The normalized spacial score (nSPS) is 14.7. The van der Waals surface area contributed by atoms with E-state index in [0.717, 1.165) is 35.0 Å². The van der Waals surface area contributed by atoms with Crippen LogP contribution in [-0.4, -0.2) is 56.7 Å². The van der Waals surface area contributed by atoms with Crippen molar-refractivity contribution in [1.82, 2.24) is 4.90 Å². The van der Waals surface area contributed by atoms with Crippen LogP contribution in [0.1, 0.15) is 24.5 Å². The first kappa shape index (κ1) is 26.0. The number of nitrogens with zero attached hydrogens (tertiary/aromatic N) is 3. The van der Waals surface area contributed by atoms with E-state index in [1.54, 1.807) is 6.08 Å². The molecule has 2 aliphatic rings. The third kappa shape index (κ3) is 4.71. The molecule has 0 unspecified atom stereocenters. The number of benzene rings is 3. The Bertz CT molecular complexity index is 1670. The largest absolute Gasteiger partial charge is 0.466 e. The first-order valence-electron chi connectivity index (χ1n) is 13.9. The molecule has 3 aromatic carbocycles. The van der Waals surface area contributed by atoms with Crippen molar-refractivity contribution in [2.45, 2.75) is 19.8 Å². The molecule has 40 heavy (non-hydrogen) atoms. The van der Waals surface area contributed by atoms with Gasteiger partial charge in [0.05, 0.1) is 47.5 Å². The number of ether oxygens (including phenoxy) is 2. The predicted octanol–water partition coefficient (Wildman–Crippen LogP) is 4.93. The number of rotatable bonds is 6. The molecule has 204 valence electrons. The van der Waals surface area contributed by atoms with Crippen molar-refractivity contribution in [2.24, 2.45) is 7.05 Å². The predicted molar refractivity (Wildman–Crippen MR) is 158 cm³/mol. The molecule has 0 aliphatic carbocycles. The Morgan fingerprint density at radius 2 is 1.82 bits per heavy atom. The highest BCUT2D eigenvalue weighted by molar-refractivity contribution is 6.17. The number of hydrogen-bond donors (Lipinski definition) is 0. The number of fused-ring (bicyclic) bond motifs is 4. The number of amides is 1. The van der Waals surface area contributed by atoms with Gasteiger partial charge in [0.25, 0.3) is 0 Å². The van der Waals surface area contributed by atoms with Crippen molar-refractivity contribution in [2.75, 3.05) is 44.9 Å². The van der Waals surface area contributed by atoms with Gasteiger partial charge in [-0.25, -0.2) is 0 Å². The summed E-state index contributed by atoms with van der Waals surface area (Å²) in [5, 5.41) is 3.53. The van der Waals surface area contributed by atoms with Gasteiger partial charge in [-0.1, -0.05) is 12.1 Å². The minimum Gasteiger partial charge on any atom is -0.466 e. The Kier molecular flexibility index (Phi) is 6.98.